The number of sulfonamides is 1. The van der Waals surface area contributed by atoms with Crippen molar-refractivity contribution in [3.63, 3.8) is 0 Å². The Balaban J connectivity index is 2.17. The molecule has 138 valence electrons. The van der Waals surface area contributed by atoms with Crippen LogP contribution in [-0.4, -0.2) is 52.1 Å². The SMILES string of the molecule is CCN(CC)S(=O)(=O)c1ccc2c(c1)nc(-c1ccccn1)n2CCO. The summed E-state index contributed by atoms with van der Waals surface area (Å²) in [5.74, 6) is 0.604. The van der Waals surface area contributed by atoms with Gasteiger partial charge in [0.25, 0.3) is 0 Å². The van der Waals surface area contributed by atoms with Crippen LogP contribution >= 0.6 is 0 Å². The number of fused-ring (bicyclic) bond motifs is 1. The molecular weight excluding hydrogens is 352 g/mol. The van der Waals surface area contributed by atoms with Gasteiger partial charge in [-0.1, -0.05) is 19.9 Å². The lowest BCUT2D eigenvalue weighted by atomic mass is 10.3. The van der Waals surface area contributed by atoms with Crippen molar-refractivity contribution in [1.29, 1.82) is 0 Å². The molecule has 1 N–H and O–H groups in total. The first kappa shape index (κ1) is 18.5. The topological polar surface area (TPSA) is 88.3 Å². The zero-order valence-electron chi connectivity index (χ0n) is 14.8. The minimum atomic E-state index is -3.55. The lowest BCUT2D eigenvalue weighted by Gasteiger charge is -2.18. The van der Waals surface area contributed by atoms with E-state index in [1.807, 2.05) is 36.6 Å². The first-order valence-corrected chi connectivity index (χ1v) is 9.99. The highest BCUT2D eigenvalue weighted by Crippen LogP contribution is 2.26. The number of pyridine rings is 1. The molecular formula is C18H22N4O3S. The Labute approximate surface area is 153 Å². The van der Waals surface area contributed by atoms with E-state index in [2.05, 4.69) is 9.97 Å². The van der Waals surface area contributed by atoms with Gasteiger partial charge in [-0.3, -0.25) is 4.98 Å². The number of rotatable bonds is 7. The summed E-state index contributed by atoms with van der Waals surface area (Å²) in [5, 5.41) is 9.42. The van der Waals surface area contributed by atoms with Gasteiger partial charge in [0, 0.05) is 25.8 Å². The van der Waals surface area contributed by atoms with E-state index in [-0.39, 0.29) is 11.5 Å². The van der Waals surface area contributed by atoms with Gasteiger partial charge in [-0.05, 0) is 30.3 Å². The maximum absolute atomic E-state index is 12.8. The molecule has 2 aromatic heterocycles. The smallest absolute Gasteiger partial charge is 0.243 e. The highest BCUT2D eigenvalue weighted by Gasteiger charge is 2.23. The van der Waals surface area contributed by atoms with Gasteiger partial charge in [0.1, 0.15) is 5.69 Å². The minimum absolute atomic E-state index is 0.0508. The molecule has 0 bridgehead atoms. The normalized spacial score (nSPS) is 12.2. The molecule has 0 spiro atoms. The minimum Gasteiger partial charge on any atom is -0.395 e. The number of benzene rings is 1. The molecule has 1 aromatic carbocycles. The molecule has 2 heterocycles. The van der Waals surface area contributed by atoms with Crippen molar-refractivity contribution >= 4 is 21.1 Å². The van der Waals surface area contributed by atoms with Gasteiger partial charge in [-0.25, -0.2) is 13.4 Å². The average Bonchev–Trinajstić information content (AvgIpc) is 3.01. The molecule has 26 heavy (non-hydrogen) atoms. The van der Waals surface area contributed by atoms with Crippen LogP contribution in [0.5, 0.6) is 0 Å². The summed E-state index contributed by atoms with van der Waals surface area (Å²) in [5.41, 5.74) is 2.00. The summed E-state index contributed by atoms with van der Waals surface area (Å²) >= 11 is 0. The van der Waals surface area contributed by atoms with Crippen LogP contribution in [-0.2, 0) is 16.6 Å². The summed E-state index contributed by atoms with van der Waals surface area (Å²) < 4.78 is 28.8. The van der Waals surface area contributed by atoms with Gasteiger partial charge in [-0.15, -0.1) is 0 Å². The first-order chi connectivity index (χ1) is 12.5. The fraction of sp³-hybridized carbons (Fsp3) is 0.333. The van der Waals surface area contributed by atoms with Crippen molar-refractivity contribution in [3.05, 3.63) is 42.6 Å². The van der Waals surface area contributed by atoms with Crippen LogP contribution in [0.4, 0.5) is 0 Å². The van der Waals surface area contributed by atoms with E-state index in [9.17, 15) is 13.5 Å². The van der Waals surface area contributed by atoms with Crippen molar-refractivity contribution in [3.8, 4) is 11.5 Å². The number of hydrogen-bond donors (Lipinski definition) is 1. The highest BCUT2D eigenvalue weighted by atomic mass is 32.2. The Hall–Kier alpha value is -2.29. The largest absolute Gasteiger partial charge is 0.395 e. The van der Waals surface area contributed by atoms with Crippen molar-refractivity contribution in [2.24, 2.45) is 0 Å². The quantitative estimate of drug-likeness (QED) is 0.684. The molecule has 0 radical (unpaired) electrons. The Morgan fingerprint density at radius 2 is 1.92 bits per heavy atom. The van der Waals surface area contributed by atoms with Crippen LogP contribution in [0.15, 0.2) is 47.5 Å². The summed E-state index contributed by atoms with van der Waals surface area (Å²) in [7, 11) is -3.55. The van der Waals surface area contributed by atoms with E-state index in [1.54, 1.807) is 24.4 Å². The summed E-state index contributed by atoms with van der Waals surface area (Å²) in [4.78, 5) is 9.13. The standard InChI is InChI=1S/C18H22N4O3S/c1-3-21(4-2)26(24,25)14-8-9-17-16(13-14)20-18(22(17)11-12-23)15-7-5-6-10-19-15/h5-10,13,23H,3-4,11-12H2,1-2H3. The van der Waals surface area contributed by atoms with Gasteiger partial charge in [0.2, 0.25) is 10.0 Å². The number of aliphatic hydroxyl groups excluding tert-OH is 1. The van der Waals surface area contributed by atoms with Crippen LogP contribution in [0.1, 0.15) is 13.8 Å². The molecule has 0 unspecified atom stereocenters. The lowest BCUT2D eigenvalue weighted by Crippen LogP contribution is -2.30. The van der Waals surface area contributed by atoms with Gasteiger partial charge < -0.3 is 9.67 Å². The Morgan fingerprint density at radius 3 is 2.54 bits per heavy atom. The number of hydrogen-bond acceptors (Lipinski definition) is 5. The number of nitrogens with zero attached hydrogens (tertiary/aromatic N) is 4. The van der Waals surface area contributed by atoms with Crippen molar-refractivity contribution in [2.75, 3.05) is 19.7 Å². The van der Waals surface area contributed by atoms with E-state index in [0.717, 1.165) is 5.52 Å². The second kappa shape index (κ2) is 7.53. The van der Waals surface area contributed by atoms with Gasteiger partial charge >= 0.3 is 0 Å². The van der Waals surface area contributed by atoms with Crippen LogP contribution in [0.3, 0.4) is 0 Å². The molecule has 0 fully saturated rings. The Kier molecular flexibility index (Phi) is 5.36. The third-order valence-electron chi connectivity index (χ3n) is 4.28. The molecule has 3 aromatic rings. The molecule has 0 aliphatic carbocycles. The van der Waals surface area contributed by atoms with Gasteiger partial charge in [0.05, 0.1) is 22.5 Å². The van der Waals surface area contributed by atoms with Gasteiger partial charge in [0.15, 0.2) is 5.82 Å². The molecule has 0 saturated heterocycles. The molecule has 7 nitrogen and oxygen atoms in total. The molecule has 0 saturated carbocycles. The predicted molar refractivity (Wildman–Crippen MR) is 100 cm³/mol. The molecule has 0 aliphatic rings. The van der Waals surface area contributed by atoms with E-state index in [0.29, 0.717) is 36.7 Å². The summed E-state index contributed by atoms with van der Waals surface area (Å²) in [6.45, 7) is 4.75. The maximum Gasteiger partial charge on any atom is 0.243 e. The van der Waals surface area contributed by atoms with Crippen LogP contribution in [0, 0.1) is 0 Å². The number of aliphatic hydroxyl groups is 1. The Morgan fingerprint density at radius 1 is 1.15 bits per heavy atom. The van der Waals surface area contributed by atoms with E-state index in [1.165, 1.54) is 4.31 Å². The molecule has 0 amide bonds. The third-order valence-corrected chi connectivity index (χ3v) is 6.33. The first-order valence-electron chi connectivity index (χ1n) is 8.55. The number of imidazole rings is 1. The summed E-state index contributed by atoms with van der Waals surface area (Å²) in [6, 6.07) is 10.4. The molecule has 0 aliphatic heterocycles. The van der Waals surface area contributed by atoms with Crippen LogP contribution in [0.25, 0.3) is 22.6 Å². The monoisotopic (exact) mass is 374 g/mol. The Bertz CT molecular complexity index is 996. The average molecular weight is 374 g/mol. The second-order valence-corrected chi connectivity index (χ2v) is 7.70. The van der Waals surface area contributed by atoms with Crippen molar-refractivity contribution < 1.29 is 13.5 Å². The zero-order chi connectivity index (χ0) is 18.7. The third kappa shape index (κ3) is 3.23. The second-order valence-electron chi connectivity index (χ2n) is 5.77. The van der Waals surface area contributed by atoms with Gasteiger partial charge in [-0.2, -0.15) is 4.31 Å². The summed E-state index contributed by atoms with van der Waals surface area (Å²) in [6.07, 6.45) is 1.67. The fourth-order valence-electron chi connectivity index (χ4n) is 3.00. The number of aromatic nitrogens is 3. The maximum atomic E-state index is 12.8. The van der Waals surface area contributed by atoms with Crippen molar-refractivity contribution in [2.45, 2.75) is 25.3 Å². The lowest BCUT2D eigenvalue weighted by molar-refractivity contribution is 0.278. The van der Waals surface area contributed by atoms with Crippen LogP contribution in [0.2, 0.25) is 0 Å². The molecule has 8 heteroatoms. The molecule has 3 rings (SSSR count). The highest BCUT2D eigenvalue weighted by molar-refractivity contribution is 7.89. The van der Waals surface area contributed by atoms with E-state index in [4.69, 9.17) is 0 Å². The van der Waals surface area contributed by atoms with Crippen molar-refractivity contribution in [1.82, 2.24) is 18.8 Å². The van der Waals surface area contributed by atoms with Crippen LogP contribution < -0.4 is 0 Å². The fourth-order valence-corrected chi connectivity index (χ4v) is 4.48. The molecule has 0 atom stereocenters. The predicted octanol–water partition coefficient (Wildman–Crippen LogP) is 2.12. The van der Waals surface area contributed by atoms with E-state index < -0.39 is 10.0 Å². The zero-order valence-corrected chi connectivity index (χ0v) is 15.6. The van der Waals surface area contributed by atoms with E-state index >= 15 is 0 Å².